The molecule has 4 heteroatoms. The molecule has 1 rings (SSSR count). The maximum Gasteiger partial charge on any atom is 0.223 e. The van der Waals surface area contributed by atoms with Crippen molar-refractivity contribution in [3.63, 3.8) is 0 Å². The van der Waals surface area contributed by atoms with Crippen LogP contribution in [-0.4, -0.2) is 28.9 Å². The van der Waals surface area contributed by atoms with E-state index in [-0.39, 0.29) is 23.5 Å². The van der Waals surface area contributed by atoms with Crippen molar-refractivity contribution in [2.24, 2.45) is 11.8 Å². The van der Waals surface area contributed by atoms with Crippen LogP contribution in [0, 0.1) is 11.8 Å². The fraction of sp³-hybridized carbons (Fsp3) is 0.800. The third kappa shape index (κ3) is 2.12. The van der Waals surface area contributed by atoms with Gasteiger partial charge in [0.2, 0.25) is 5.91 Å². The third-order valence-corrected chi connectivity index (χ3v) is 2.62. The fourth-order valence-electron chi connectivity index (χ4n) is 1.56. The van der Waals surface area contributed by atoms with Gasteiger partial charge in [-0.1, -0.05) is 20.8 Å². The first-order valence-electron chi connectivity index (χ1n) is 4.95. The number of nitrogens with one attached hydrogen (secondary N) is 1. The van der Waals surface area contributed by atoms with Crippen molar-refractivity contribution in [2.75, 3.05) is 0 Å². The van der Waals surface area contributed by atoms with Crippen LogP contribution in [0.5, 0.6) is 0 Å². The summed E-state index contributed by atoms with van der Waals surface area (Å²) in [5.41, 5.74) is 0. The van der Waals surface area contributed by atoms with Gasteiger partial charge in [0, 0.05) is 5.92 Å². The molecule has 2 N–H and O–H groups in total. The minimum absolute atomic E-state index is 0.0979. The average Bonchev–Trinajstić information content (AvgIpc) is 2.44. The van der Waals surface area contributed by atoms with Crippen LogP contribution in [0.15, 0.2) is 0 Å². The Balaban J connectivity index is 2.59. The standard InChI is InChI=1S/C10H17NO3/c1-5(2)8(12)9(13)7-4-6(3)10(14)11-7/h5-8,12H,4H2,1-3H3,(H,11,14)/t6?,7?,8-/m0/s1. The smallest absolute Gasteiger partial charge is 0.223 e. The Labute approximate surface area is 83.7 Å². The molecule has 0 bridgehead atoms. The normalized spacial score (nSPS) is 29.1. The van der Waals surface area contributed by atoms with E-state index in [1.165, 1.54) is 0 Å². The first-order valence-corrected chi connectivity index (χ1v) is 4.95. The predicted octanol–water partition coefficient (Wildman–Crippen LogP) is 0.0970. The SMILES string of the molecule is CC1CC(C(=O)[C@@H](O)C(C)C)NC1=O. The van der Waals surface area contributed by atoms with Gasteiger partial charge < -0.3 is 10.4 Å². The minimum Gasteiger partial charge on any atom is -0.385 e. The Hall–Kier alpha value is -0.900. The van der Waals surface area contributed by atoms with Crippen molar-refractivity contribution in [3.05, 3.63) is 0 Å². The van der Waals surface area contributed by atoms with Crippen LogP contribution in [0.2, 0.25) is 0 Å². The van der Waals surface area contributed by atoms with E-state index in [2.05, 4.69) is 5.32 Å². The lowest BCUT2D eigenvalue weighted by Crippen LogP contribution is -2.41. The summed E-state index contributed by atoms with van der Waals surface area (Å²) in [5, 5.41) is 12.1. The lowest BCUT2D eigenvalue weighted by Gasteiger charge is -2.17. The number of rotatable bonds is 3. The molecule has 1 amide bonds. The molecule has 1 fully saturated rings. The molecule has 2 unspecified atom stereocenters. The van der Waals surface area contributed by atoms with Crippen LogP contribution in [-0.2, 0) is 9.59 Å². The molecular weight excluding hydrogens is 182 g/mol. The molecule has 0 radical (unpaired) electrons. The van der Waals surface area contributed by atoms with E-state index in [4.69, 9.17) is 0 Å². The Morgan fingerprint density at radius 2 is 2.14 bits per heavy atom. The van der Waals surface area contributed by atoms with E-state index in [9.17, 15) is 14.7 Å². The summed E-state index contributed by atoms with van der Waals surface area (Å²) in [7, 11) is 0. The second-order valence-corrected chi connectivity index (χ2v) is 4.29. The maximum absolute atomic E-state index is 11.6. The van der Waals surface area contributed by atoms with Crippen molar-refractivity contribution in [3.8, 4) is 0 Å². The molecule has 1 heterocycles. The number of hydrogen-bond donors (Lipinski definition) is 2. The molecule has 0 aromatic rings. The number of carbonyl (C=O) groups is 2. The van der Waals surface area contributed by atoms with E-state index in [0.717, 1.165) is 0 Å². The third-order valence-electron chi connectivity index (χ3n) is 2.62. The zero-order valence-corrected chi connectivity index (χ0v) is 8.78. The molecule has 80 valence electrons. The number of carbonyl (C=O) groups excluding carboxylic acids is 2. The predicted molar refractivity (Wildman–Crippen MR) is 51.6 cm³/mol. The van der Waals surface area contributed by atoms with Crippen LogP contribution in [0.1, 0.15) is 27.2 Å². The molecule has 0 spiro atoms. The highest BCUT2D eigenvalue weighted by molar-refractivity contribution is 5.95. The Morgan fingerprint density at radius 1 is 1.57 bits per heavy atom. The Bertz CT molecular complexity index is 250. The van der Waals surface area contributed by atoms with Gasteiger partial charge in [-0.3, -0.25) is 9.59 Å². The molecule has 0 saturated carbocycles. The van der Waals surface area contributed by atoms with Crippen molar-refractivity contribution in [2.45, 2.75) is 39.3 Å². The Morgan fingerprint density at radius 3 is 2.50 bits per heavy atom. The van der Waals surface area contributed by atoms with E-state index >= 15 is 0 Å². The molecule has 1 aliphatic rings. The van der Waals surface area contributed by atoms with E-state index in [0.29, 0.717) is 6.42 Å². The van der Waals surface area contributed by atoms with Gasteiger partial charge in [0.25, 0.3) is 0 Å². The van der Waals surface area contributed by atoms with Crippen molar-refractivity contribution >= 4 is 11.7 Å². The van der Waals surface area contributed by atoms with Crippen LogP contribution in [0.4, 0.5) is 0 Å². The lowest BCUT2D eigenvalue weighted by molar-refractivity contribution is -0.132. The second-order valence-electron chi connectivity index (χ2n) is 4.29. The monoisotopic (exact) mass is 199 g/mol. The van der Waals surface area contributed by atoms with Gasteiger partial charge in [0.15, 0.2) is 5.78 Å². The van der Waals surface area contributed by atoms with Crippen LogP contribution in [0.25, 0.3) is 0 Å². The largest absolute Gasteiger partial charge is 0.385 e. The fourth-order valence-corrected chi connectivity index (χ4v) is 1.56. The zero-order chi connectivity index (χ0) is 10.9. The summed E-state index contributed by atoms with van der Waals surface area (Å²) in [6, 6.07) is -0.491. The molecule has 1 saturated heterocycles. The zero-order valence-electron chi connectivity index (χ0n) is 8.78. The van der Waals surface area contributed by atoms with E-state index in [1.54, 1.807) is 20.8 Å². The number of aliphatic hydroxyl groups is 1. The molecular formula is C10H17NO3. The lowest BCUT2D eigenvalue weighted by atomic mass is 9.95. The molecule has 0 aromatic carbocycles. The summed E-state index contributed by atoms with van der Waals surface area (Å²) in [5.74, 6) is -0.587. The van der Waals surface area contributed by atoms with Gasteiger partial charge in [-0.15, -0.1) is 0 Å². The van der Waals surface area contributed by atoms with Crippen molar-refractivity contribution in [1.29, 1.82) is 0 Å². The van der Waals surface area contributed by atoms with Gasteiger partial charge in [-0.05, 0) is 12.3 Å². The molecule has 0 aromatic heterocycles. The summed E-state index contributed by atoms with van der Waals surface area (Å²) in [6.45, 7) is 5.34. The highest BCUT2D eigenvalue weighted by Gasteiger charge is 2.36. The molecule has 1 aliphatic heterocycles. The first kappa shape index (κ1) is 11.2. The number of hydrogen-bond acceptors (Lipinski definition) is 3. The second kappa shape index (κ2) is 4.09. The van der Waals surface area contributed by atoms with Gasteiger partial charge in [0.1, 0.15) is 6.10 Å². The first-order chi connectivity index (χ1) is 6.43. The molecule has 14 heavy (non-hydrogen) atoms. The molecule has 3 atom stereocenters. The van der Waals surface area contributed by atoms with Crippen molar-refractivity contribution in [1.82, 2.24) is 5.32 Å². The number of Topliss-reactive ketones (excluding diaryl/α,β-unsaturated/α-hetero) is 1. The van der Waals surface area contributed by atoms with E-state index in [1.807, 2.05) is 0 Å². The van der Waals surface area contributed by atoms with Gasteiger partial charge >= 0.3 is 0 Å². The summed E-state index contributed by atoms with van der Waals surface area (Å²) >= 11 is 0. The van der Waals surface area contributed by atoms with Gasteiger partial charge in [0.05, 0.1) is 6.04 Å². The average molecular weight is 199 g/mol. The van der Waals surface area contributed by atoms with Crippen LogP contribution in [0.3, 0.4) is 0 Å². The molecule has 0 aliphatic carbocycles. The quantitative estimate of drug-likeness (QED) is 0.677. The van der Waals surface area contributed by atoms with E-state index < -0.39 is 12.1 Å². The number of ketones is 1. The highest BCUT2D eigenvalue weighted by atomic mass is 16.3. The Kier molecular flexibility index (Phi) is 3.26. The summed E-state index contributed by atoms with van der Waals surface area (Å²) in [6.07, 6.45) is -0.466. The summed E-state index contributed by atoms with van der Waals surface area (Å²) < 4.78 is 0. The minimum atomic E-state index is -0.967. The van der Waals surface area contributed by atoms with Crippen molar-refractivity contribution < 1.29 is 14.7 Å². The van der Waals surface area contributed by atoms with Gasteiger partial charge in [-0.25, -0.2) is 0 Å². The van der Waals surface area contributed by atoms with Crippen LogP contribution >= 0.6 is 0 Å². The van der Waals surface area contributed by atoms with Gasteiger partial charge in [-0.2, -0.15) is 0 Å². The topological polar surface area (TPSA) is 66.4 Å². The highest BCUT2D eigenvalue weighted by Crippen LogP contribution is 2.17. The van der Waals surface area contributed by atoms with Crippen LogP contribution < -0.4 is 5.32 Å². The maximum atomic E-state index is 11.6. The molecule has 4 nitrogen and oxygen atoms in total. The number of amides is 1. The number of aliphatic hydroxyl groups excluding tert-OH is 1. The summed E-state index contributed by atoms with van der Waals surface area (Å²) in [4.78, 5) is 22.7.